The lowest BCUT2D eigenvalue weighted by molar-refractivity contribution is 0.574. The van der Waals surface area contributed by atoms with E-state index in [1.807, 2.05) is 6.92 Å². The maximum Gasteiger partial charge on any atom is 0.148 e. The average Bonchev–Trinajstić information content (AvgIpc) is 2.47. The van der Waals surface area contributed by atoms with Gasteiger partial charge in [0.15, 0.2) is 0 Å². The Hall–Kier alpha value is -2.28. The molecule has 0 atom stereocenters. The van der Waals surface area contributed by atoms with Gasteiger partial charge in [0.25, 0.3) is 0 Å². The number of benzene rings is 1. The molecule has 112 valence electrons. The molecule has 2 aromatic rings. The minimum atomic E-state index is -0.600. The second-order valence-corrected chi connectivity index (χ2v) is 4.55. The molecule has 0 unspecified atom stereocenters. The van der Waals surface area contributed by atoms with E-state index in [2.05, 4.69) is 20.7 Å². The van der Waals surface area contributed by atoms with Gasteiger partial charge in [-0.15, -0.1) is 0 Å². The SMILES string of the molecule is CCc1nc(NN)c(C)c(NCc2ccc(F)cc2F)n1. The molecule has 7 heteroatoms. The van der Waals surface area contributed by atoms with Crippen molar-refractivity contribution in [2.75, 3.05) is 10.7 Å². The number of nitrogens with zero attached hydrogens (tertiary/aromatic N) is 2. The Labute approximate surface area is 121 Å². The van der Waals surface area contributed by atoms with Gasteiger partial charge in [-0.3, -0.25) is 0 Å². The fourth-order valence-corrected chi connectivity index (χ4v) is 1.88. The van der Waals surface area contributed by atoms with Crippen LogP contribution in [0.2, 0.25) is 0 Å². The first-order valence-corrected chi connectivity index (χ1v) is 6.57. The third-order valence-corrected chi connectivity index (χ3v) is 3.11. The van der Waals surface area contributed by atoms with E-state index in [9.17, 15) is 8.78 Å². The minimum Gasteiger partial charge on any atom is -0.365 e. The Morgan fingerprint density at radius 1 is 1.19 bits per heavy atom. The molecule has 1 aromatic heterocycles. The third-order valence-electron chi connectivity index (χ3n) is 3.11. The van der Waals surface area contributed by atoms with Gasteiger partial charge in [-0.05, 0) is 13.0 Å². The van der Waals surface area contributed by atoms with E-state index in [4.69, 9.17) is 5.84 Å². The summed E-state index contributed by atoms with van der Waals surface area (Å²) in [5, 5.41) is 3.03. The number of hydrazine groups is 1. The molecule has 0 spiro atoms. The molecular formula is C14H17F2N5. The van der Waals surface area contributed by atoms with Crippen LogP contribution in [0.4, 0.5) is 20.4 Å². The zero-order valence-electron chi connectivity index (χ0n) is 11.9. The van der Waals surface area contributed by atoms with Crippen LogP contribution in [-0.2, 0) is 13.0 Å². The molecule has 0 radical (unpaired) electrons. The molecule has 0 saturated carbocycles. The van der Waals surface area contributed by atoms with Crippen molar-refractivity contribution in [3.8, 4) is 0 Å². The van der Waals surface area contributed by atoms with Crippen LogP contribution >= 0.6 is 0 Å². The quantitative estimate of drug-likeness (QED) is 0.583. The standard InChI is InChI=1S/C14H17F2N5/c1-3-12-19-13(8(2)14(20-12)21-17)18-7-9-4-5-10(15)6-11(9)16/h4-6H,3,7,17H2,1-2H3,(H2,18,19,20,21). The summed E-state index contributed by atoms with van der Waals surface area (Å²) >= 11 is 0. The maximum absolute atomic E-state index is 13.6. The van der Waals surface area contributed by atoms with E-state index in [0.717, 1.165) is 11.6 Å². The van der Waals surface area contributed by atoms with E-state index in [1.54, 1.807) is 6.92 Å². The molecule has 2 rings (SSSR count). The van der Waals surface area contributed by atoms with Crippen LogP contribution in [0, 0.1) is 18.6 Å². The summed E-state index contributed by atoms with van der Waals surface area (Å²) in [5.41, 5.74) is 3.60. The van der Waals surface area contributed by atoms with Crippen LogP contribution in [0.3, 0.4) is 0 Å². The largest absolute Gasteiger partial charge is 0.365 e. The van der Waals surface area contributed by atoms with Crippen molar-refractivity contribution >= 4 is 11.6 Å². The van der Waals surface area contributed by atoms with Crippen molar-refractivity contribution in [2.24, 2.45) is 5.84 Å². The van der Waals surface area contributed by atoms with Gasteiger partial charge < -0.3 is 10.7 Å². The molecule has 0 aliphatic heterocycles. The Kier molecular flexibility index (Phi) is 4.64. The minimum absolute atomic E-state index is 0.192. The lowest BCUT2D eigenvalue weighted by atomic mass is 10.2. The monoisotopic (exact) mass is 293 g/mol. The number of aryl methyl sites for hydroxylation is 1. The summed E-state index contributed by atoms with van der Waals surface area (Å²) in [6, 6.07) is 3.47. The third kappa shape index (κ3) is 3.43. The van der Waals surface area contributed by atoms with Crippen LogP contribution in [0.25, 0.3) is 0 Å². The van der Waals surface area contributed by atoms with Crippen molar-refractivity contribution < 1.29 is 8.78 Å². The van der Waals surface area contributed by atoms with Gasteiger partial charge in [-0.1, -0.05) is 13.0 Å². The molecule has 0 bridgehead atoms. The number of hydrogen-bond donors (Lipinski definition) is 3. The highest BCUT2D eigenvalue weighted by Crippen LogP contribution is 2.20. The Morgan fingerprint density at radius 3 is 2.52 bits per heavy atom. The molecule has 1 heterocycles. The van der Waals surface area contributed by atoms with Crippen molar-refractivity contribution in [1.29, 1.82) is 0 Å². The lowest BCUT2D eigenvalue weighted by Gasteiger charge is -2.13. The van der Waals surface area contributed by atoms with Crippen LogP contribution < -0.4 is 16.6 Å². The summed E-state index contributed by atoms with van der Waals surface area (Å²) in [5.74, 6) is 5.93. The number of nitrogens with one attached hydrogen (secondary N) is 2. The van der Waals surface area contributed by atoms with Crippen LogP contribution in [0.15, 0.2) is 18.2 Å². The summed E-state index contributed by atoms with van der Waals surface area (Å²) in [4.78, 5) is 8.59. The van der Waals surface area contributed by atoms with Gasteiger partial charge in [0.2, 0.25) is 0 Å². The van der Waals surface area contributed by atoms with Crippen molar-refractivity contribution in [2.45, 2.75) is 26.8 Å². The number of nitrogen functional groups attached to an aromatic ring is 1. The average molecular weight is 293 g/mol. The zero-order chi connectivity index (χ0) is 15.4. The number of rotatable bonds is 5. The second kappa shape index (κ2) is 6.45. The molecule has 5 nitrogen and oxygen atoms in total. The highest BCUT2D eigenvalue weighted by Gasteiger charge is 2.10. The van der Waals surface area contributed by atoms with Crippen molar-refractivity contribution in [3.63, 3.8) is 0 Å². The van der Waals surface area contributed by atoms with Crippen LogP contribution in [-0.4, -0.2) is 9.97 Å². The lowest BCUT2D eigenvalue weighted by Crippen LogP contribution is -2.15. The summed E-state index contributed by atoms with van der Waals surface area (Å²) < 4.78 is 26.5. The Bertz CT molecular complexity index is 646. The molecule has 0 aliphatic rings. The number of halogens is 2. The number of aromatic nitrogens is 2. The van der Waals surface area contributed by atoms with Gasteiger partial charge in [0.05, 0.1) is 0 Å². The highest BCUT2D eigenvalue weighted by atomic mass is 19.1. The summed E-state index contributed by atoms with van der Waals surface area (Å²) in [6.45, 7) is 3.92. The van der Waals surface area contributed by atoms with E-state index in [0.29, 0.717) is 29.4 Å². The number of hydrogen-bond acceptors (Lipinski definition) is 5. The van der Waals surface area contributed by atoms with Gasteiger partial charge in [0.1, 0.15) is 29.1 Å². The first-order valence-electron chi connectivity index (χ1n) is 6.57. The van der Waals surface area contributed by atoms with Crippen molar-refractivity contribution in [3.05, 3.63) is 46.8 Å². The molecule has 0 amide bonds. The predicted molar refractivity (Wildman–Crippen MR) is 77.6 cm³/mol. The molecule has 21 heavy (non-hydrogen) atoms. The topological polar surface area (TPSA) is 75.9 Å². The van der Waals surface area contributed by atoms with E-state index >= 15 is 0 Å². The molecular weight excluding hydrogens is 276 g/mol. The fourth-order valence-electron chi connectivity index (χ4n) is 1.88. The summed E-state index contributed by atoms with van der Waals surface area (Å²) in [7, 11) is 0. The zero-order valence-corrected chi connectivity index (χ0v) is 11.9. The van der Waals surface area contributed by atoms with Gasteiger partial charge >= 0.3 is 0 Å². The molecule has 0 aliphatic carbocycles. The highest BCUT2D eigenvalue weighted by molar-refractivity contribution is 5.56. The first kappa shape index (κ1) is 15.1. The van der Waals surface area contributed by atoms with E-state index in [1.165, 1.54) is 12.1 Å². The van der Waals surface area contributed by atoms with Crippen molar-refractivity contribution in [1.82, 2.24) is 9.97 Å². The van der Waals surface area contributed by atoms with Crippen LogP contribution in [0.5, 0.6) is 0 Å². The molecule has 4 N–H and O–H groups in total. The Balaban J connectivity index is 2.23. The number of anilines is 2. The van der Waals surface area contributed by atoms with Gasteiger partial charge in [-0.25, -0.2) is 24.6 Å². The number of nitrogens with two attached hydrogens (primary N) is 1. The smallest absolute Gasteiger partial charge is 0.148 e. The predicted octanol–water partition coefficient (Wildman–Crippen LogP) is 2.52. The normalized spacial score (nSPS) is 10.5. The summed E-state index contributed by atoms with van der Waals surface area (Å²) in [6.07, 6.45) is 0.647. The molecule has 0 fully saturated rings. The fraction of sp³-hybridized carbons (Fsp3) is 0.286. The molecule has 0 saturated heterocycles. The van der Waals surface area contributed by atoms with Gasteiger partial charge in [-0.2, -0.15) is 0 Å². The maximum atomic E-state index is 13.6. The van der Waals surface area contributed by atoms with Gasteiger partial charge in [0, 0.05) is 30.2 Å². The van der Waals surface area contributed by atoms with E-state index < -0.39 is 11.6 Å². The Morgan fingerprint density at radius 2 is 1.90 bits per heavy atom. The first-order chi connectivity index (χ1) is 10.0. The second-order valence-electron chi connectivity index (χ2n) is 4.55. The van der Waals surface area contributed by atoms with Crippen LogP contribution in [0.1, 0.15) is 23.9 Å². The van der Waals surface area contributed by atoms with E-state index in [-0.39, 0.29) is 6.54 Å². The molecule has 1 aromatic carbocycles.